The normalized spacial score (nSPS) is 12.5. The number of hydrogen-bond acceptors (Lipinski definition) is 1. The molecule has 1 unspecified atom stereocenters. The van der Waals surface area contributed by atoms with Crippen LogP contribution in [0.15, 0.2) is 30.3 Å². The van der Waals surface area contributed by atoms with Crippen LogP contribution in [0, 0.1) is 27.7 Å². The minimum atomic E-state index is 0.201. The van der Waals surface area contributed by atoms with E-state index in [1.54, 1.807) is 0 Å². The second-order valence-corrected chi connectivity index (χ2v) is 5.95. The Morgan fingerprint density at radius 1 is 0.900 bits per heavy atom. The second kappa shape index (κ2) is 5.99. The smallest absolute Gasteiger partial charge is 0.0579 e. The molecule has 0 aliphatic carbocycles. The van der Waals surface area contributed by atoms with Gasteiger partial charge in [-0.15, -0.1) is 0 Å². The van der Waals surface area contributed by atoms with Crippen molar-refractivity contribution >= 4 is 11.6 Å². The predicted octanol–water partition coefficient (Wildman–Crippen LogP) is 4.88. The summed E-state index contributed by atoms with van der Waals surface area (Å²) in [5.41, 5.74) is 7.70. The first kappa shape index (κ1) is 15.1. The van der Waals surface area contributed by atoms with E-state index in [0.29, 0.717) is 0 Å². The van der Waals surface area contributed by atoms with Gasteiger partial charge in [-0.2, -0.15) is 0 Å². The fourth-order valence-corrected chi connectivity index (χ4v) is 3.09. The lowest BCUT2D eigenvalue weighted by Gasteiger charge is -2.23. The van der Waals surface area contributed by atoms with Crippen molar-refractivity contribution in [1.82, 2.24) is 5.32 Å². The van der Waals surface area contributed by atoms with Crippen LogP contribution in [0.3, 0.4) is 0 Å². The molecule has 0 radical (unpaired) electrons. The molecule has 0 amide bonds. The monoisotopic (exact) mass is 287 g/mol. The number of aryl methyl sites for hydroxylation is 4. The van der Waals surface area contributed by atoms with Crippen molar-refractivity contribution in [3.63, 3.8) is 0 Å². The number of rotatable bonds is 3. The minimum Gasteiger partial charge on any atom is -0.309 e. The SMILES string of the molecule is CNC(c1ccc(Cl)c(C)c1)c1c(C)cc(C)cc1C. The first-order valence-corrected chi connectivity index (χ1v) is 7.33. The topological polar surface area (TPSA) is 12.0 Å². The highest BCUT2D eigenvalue weighted by atomic mass is 35.5. The zero-order valence-electron chi connectivity index (χ0n) is 12.8. The molecule has 1 N–H and O–H groups in total. The summed E-state index contributed by atoms with van der Waals surface area (Å²) in [7, 11) is 2.01. The summed E-state index contributed by atoms with van der Waals surface area (Å²) in [5.74, 6) is 0. The maximum Gasteiger partial charge on any atom is 0.0579 e. The third kappa shape index (κ3) is 2.89. The van der Waals surface area contributed by atoms with Gasteiger partial charge in [0.15, 0.2) is 0 Å². The lowest BCUT2D eigenvalue weighted by molar-refractivity contribution is 0.682. The van der Waals surface area contributed by atoms with Crippen molar-refractivity contribution in [3.8, 4) is 0 Å². The van der Waals surface area contributed by atoms with Crippen LogP contribution in [-0.4, -0.2) is 7.05 Å². The summed E-state index contributed by atoms with van der Waals surface area (Å²) in [6.45, 7) is 8.56. The fraction of sp³-hybridized carbons (Fsp3) is 0.333. The van der Waals surface area contributed by atoms with Crippen LogP contribution in [0.1, 0.15) is 39.4 Å². The van der Waals surface area contributed by atoms with Gasteiger partial charge in [-0.3, -0.25) is 0 Å². The molecule has 2 aromatic carbocycles. The van der Waals surface area contributed by atoms with Crippen molar-refractivity contribution in [1.29, 1.82) is 0 Å². The van der Waals surface area contributed by atoms with Gasteiger partial charge >= 0.3 is 0 Å². The fourth-order valence-electron chi connectivity index (χ4n) is 2.97. The van der Waals surface area contributed by atoms with E-state index in [2.05, 4.69) is 50.4 Å². The highest BCUT2D eigenvalue weighted by molar-refractivity contribution is 6.31. The van der Waals surface area contributed by atoms with Gasteiger partial charge in [-0.25, -0.2) is 0 Å². The Bertz CT molecular complexity index is 608. The molecule has 0 aliphatic rings. The molecule has 106 valence electrons. The van der Waals surface area contributed by atoms with Gasteiger partial charge < -0.3 is 5.32 Å². The zero-order valence-corrected chi connectivity index (χ0v) is 13.6. The molecule has 2 heteroatoms. The van der Waals surface area contributed by atoms with Gasteiger partial charge in [0, 0.05) is 5.02 Å². The van der Waals surface area contributed by atoms with Gasteiger partial charge in [0.1, 0.15) is 0 Å². The molecular formula is C18H22ClN. The maximum absolute atomic E-state index is 6.14. The van der Waals surface area contributed by atoms with Crippen LogP contribution in [0.4, 0.5) is 0 Å². The number of hydrogen-bond donors (Lipinski definition) is 1. The van der Waals surface area contributed by atoms with Gasteiger partial charge in [-0.05, 0) is 68.6 Å². The molecule has 1 atom stereocenters. The molecule has 0 heterocycles. The van der Waals surface area contributed by atoms with E-state index in [-0.39, 0.29) is 6.04 Å². The van der Waals surface area contributed by atoms with E-state index in [9.17, 15) is 0 Å². The highest BCUT2D eigenvalue weighted by Crippen LogP contribution is 2.30. The summed E-state index contributed by atoms with van der Waals surface area (Å²) >= 11 is 6.14. The molecule has 20 heavy (non-hydrogen) atoms. The van der Waals surface area contributed by atoms with Crippen LogP contribution in [0.5, 0.6) is 0 Å². The van der Waals surface area contributed by atoms with E-state index < -0.39 is 0 Å². The quantitative estimate of drug-likeness (QED) is 0.848. The van der Waals surface area contributed by atoms with Crippen LogP contribution in [-0.2, 0) is 0 Å². The second-order valence-electron chi connectivity index (χ2n) is 5.54. The summed E-state index contributed by atoms with van der Waals surface area (Å²) in [6.07, 6.45) is 0. The van der Waals surface area contributed by atoms with E-state index in [1.165, 1.54) is 27.8 Å². The molecule has 2 aromatic rings. The molecule has 1 nitrogen and oxygen atoms in total. The van der Waals surface area contributed by atoms with Gasteiger partial charge in [0.05, 0.1) is 6.04 Å². The van der Waals surface area contributed by atoms with Gasteiger partial charge in [0.25, 0.3) is 0 Å². The van der Waals surface area contributed by atoms with E-state index in [0.717, 1.165) is 10.6 Å². The lowest BCUT2D eigenvalue weighted by Crippen LogP contribution is -2.20. The Balaban J connectivity index is 2.55. The maximum atomic E-state index is 6.14. The number of halogens is 1. The molecule has 0 spiro atoms. The summed E-state index contributed by atoms with van der Waals surface area (Å²) in [5, 5.41) is 4.26. The van der Waals surface area contributed by atoms with Crippen LogP contribution in [0.25, 0.3) is 0 Å². The van der Waals surface area contributed by atoms with Crippen LogP contribution >= 0.6 is 11.6 Å². The lowest BCUT2D eigenvalue weighted by atomic mass is 9.89. The van der Waals surface area contributed by atoms with E-state index >= 15 is 0 Å². The Morgan fingerprint density at radius 2 is 1.50 bits per heavy atom. The van der Waals surface area contributed by atoms with E-state index in [4.69, 9.17) is 11.6 Å². The number of benzene rings is 2. The number of nitrogens with one attached hydrogen (secondary N) is 1. The van der Waals surface area contributed by atoms with E-state index in [1.807, 2.05) is 20.0 Å². The van der Waals surface area contributed by atoms with Crippen LogP contribution < -0.4 is 5.32 Å². The Hall–Kier alpha value is -1.31. The third-order valence-electron chi connectivity index (χ3n) is 3.83. The van der Waals surface area contributed by atoms with Crippen molar-refractivity contribution in [2.75, 3.05) is 7.05 Å². The molecule has 2 rings (SSSR count). The van der Waals surface area contributed by atoms with Crippen molar-refractivity contribution < 1.29 is 0 Å². The molecule has 0 saturated heterocycles. The predicted molar refractivity (Wildman–Crippen MR) is 87.7 cm³/mol. The minimum absolute atomic E-state index is 0.201. The molecule has 0 aromatic heterocycles. The van der Waals surface area contributed by atoms with Crippen LogP contribution in [0.2, 0.25) is 5.02 Å². The third-order valence-corrected chi connectivity index (χ3v) is 4.25. The summed E-state index contributed by atoms with van der Waals surface area (Å²) < 4.78 is 0. The molecular weight excluding hydrogens is 266 g/mol. The molecule has 0 fully saturated rings. The average molecular weight is 288 g/mol. The Labute approximate surface area is 127 Å². The summed E-state index contributed by atoms with van der Waals surface area (Å²) in [4.78, 5) is 0. The first-order chi connectivity index (χ1) is 9.43. The highest BCUT2D eigenvalue weighted by Gasteiger charge is 2.17. The Morgan fingerprint density at radius 3 is 2.00 bits per heavy atom. The van der Waals surface area contributed by atoms with Crippen molar-refractivity contribution in [2.24, 2.45) is 0 Å². The van der Waals surface area contributed by atoms with Crippen molar-refractivity contribution in [3.05, 3.63) is 68.7 Å². The molecule has 0 bridgehead atoms. The van der Waals surface area contributed by atoms with Gasteiger partial charge in [0.2, 0.25) is 0 Å². The summed E-state index contributed by atoms with van der Waals surface area (Å²) in [6, 6.07) is 10.9. The first-order valence-electron chi connectivity index (χ1n) is 6.95. The largest absolute Gasteiger partial charge is 0.309 e. The molecule has 0 saturated carbocycles. The Kier molecular flexibility index (Phi) is 4.52. The average Bonchev–Trinajstić information content (AvgIpc) is 2.37. The molecule has 0 aliphatic heterocycles. The van der Waals surface area contributed by atoms with Crippen molar-refractivity contribution in [2.45, 2.75) is 33.7 Å². The standard InChI is InChI=1S/C18H22ClN/c1-11-8-13(3)17(14(4)9-11)18(20-5)15-6-7-16(19)12(2)10-15/h6-10,18,20H,1-5H3. The van der Waals surface area contributed by atoms with Gasteiger partial charge in [-0.1, -0.05) is 41.4 Å². The zero-order chi connectivity index (χ0) is 14.9.